The number of esters is 1. The summed E-state index contributed by atoms with van der Waals surface area (Å²) in [5.74, 6) is 0.0362. The number of ether oxygens (including phenoxy) is 3. The summed E-state index contributed by atoms with van der Waals surface area (Å²) in [5.41, 5.74) is 5.56. The minimum absolute atomic E-state index is 0.00774. The SMILES string of the molecule is COC(=O)C[C@H](C(=O)N1C[C@]2(CCCO2)C[C@H]1c1ncc(C)[nH]1)C(C)C.COC(=O)N[C@H](C(=O)N1CCC[C@H]1Cc1ccc(-c2ccc(C)cc2)cc1)C(C)C. The highest BCUT2D eigenvalue weighted by atomic mass is 16.5. The Hall–Kier alpha value is -4.71. The fourth-order valence-electron chi connectivity index (χ4n) is 8.22. The summed E-state index contributed by atoms with van der Waals surface area (Å²) in [6.45, 7) is 13.9. The molecule has 0 radical (unpaired) electrons. The van der Waals surface area contributed by atoms with E-state index in [2.05, 4.69) is 70.7 Å². The zero-order chi connectivity index (χ0) is 40.6. The molecule has 3 aromatic rings. The zero-order valence-electron chi connectivity index (χ0n) is 34.4. The van der Waals surface area contributed by atoms with Crippen molar-refractivity contribution in [2.45, 2.75) is 110 Å². The lowest BCUT2D eigenvalue weighted by Gasteiger charge is -2.31. The molecule has 0 bridgehead atoms. The average Bonchev–Trinajstić information content (AvgIpc) is 4.01. The fourth-order valence-corrected chi connectivity index (χ4v) is 8.22. The Balaban J connectivity index is 0.000000216. The van der Waals surface area contributed by atoms with Gasteiger partial charge in [-0.2, -0.15) is 0 Å². The van der Waals surface area contributed by atoms with Crippen LogP contribution in [0.4, 0.5) is 4.79 Å². The first-order valence-electron chi connectivity index (χ1n) is 20.1. The van der Waals surface area contributed by atoms with Crippen molar-refractivity contribution in [3.8, 4) is 11.1 Å². The Bertz CT molecular complexity index is 1780. The van der Waals surface area contributed by atoms with Crippen molar-refractivity contribution in [1.82, 2.24) is 25.1 Å². The monoisotopic (exact) mass is 771 g/mol. The molecule has 3 aliphatic rings. The molecule has 12 heteroatoms. The number of nitrogens with zero attached hydrogens (tertiary/aromatic N) is 3. The first-order valence-corrected chi connectivity index (χ1v) is 20.1. The number of hydrogen-bond acceptors (Lipinski definition) is 8. The van der Waals surface area contributed by atoms with Gasteiger partial charge in [0.25, 0.3) is 0 Å². The molecule has 2 aromatic carbocycles. The molecule has 12 nitrogen and oxygen atoms in total. The van der Waals surface area contributed by atoms with Gasteiger partial charge in [-0.1, -0.05) is 81.8 Å². The third-order valence-electron chi connectivity index (χ3n) is 11.5. The number of aryl methyl sites for hydroxylation is 2. The van der Waals surface area contributed by atoms with Crippen molar-refractivity contribution in [1.29, 1.82) is 0 Å². The van der Waals surface area contributed by atoms with Crippen LogP contribution in [-0.2, 0) is 35.0 Å². The van der Waals surface area contributed by atoms with E-state index in [1.165, 1.54) is 36.5 Å². The molecule has 0 saturated carbocycles. The molecule has 304 valence electrons. The van der Waals surface area contributed by atoms with E-state index in [9.17, 15) is 19.2 Å². The first kappa shape index (κ1) is 42.4. The van der Waals surface area contributed by atoms with Crippen LogP contribution in [0.5, 0.6) is 0 Å². The molecule has 1 spiro atoms. The Morgan fingerprint density at radius 3 is 2.14 bits per heavy atom. The quantitative estimate of drug-likeness (QED) is 0.200. The number of H-pyrrole nitrogens is 1. The Morgan fingerprint density at radius 2 is 1.59 bits per heavy atom. The second-order valence-electron chi connectivity index (χ2n) is 16.4. The summed E-state index contributed by atoms with van der Waals surface area (Å²) < 4.78 is 15.6. The third kappa shape index (κ3) is 10.4. The Labute approximate surface area is 332 Å². The number of amides is 3. The van der Waals surface area contributed by atoms with Crippen LogP contribution in [0.1, 0.15) is 94.9 Å². The number of rotatable bonds is 11. The zero-order valence-corrected chi connectivity index (χ0v) is 34.4. The maximum absolute atomic E-state index is 13.4. The fraction of sp³-hybridized carbons (Fsp3) is 0.568. The lowest BCUT2D eigenvalue weighted by atomic mass is 9.90. The van der Waals surface area contributed by atoms with Crippen molar-refractivity contribution < 1.29 is 33.4 Å². The number of aromatic nitrogens is 2. The van der Waals surface area contributed by atoms with Crippen molar-refractivity contribution >= 4 is 23.9 Å². The van der Waals surface area contributed by atoms with Crippen LogP contribution in [0, 0.1) is 31.6 Å². The van der Waals surface area contributed by atoms with Gasteiger partial charge in [-0.15, -0.1) is 0 Å². The molecular weight excluding hydrogens is 711 g/mol. The van der Waals surface area contributed by atoms with Crippen molar-refractivity contribution in [3.63, 3.8) is 0 Å². The van der Waals surface area contributed by atoms with Gasteiger partial charge in [0.1, 0.15) is 11.9 Å². The summed E-state index contributed by atoms with van der Waals surface area (Å²) in [5, 5.41) is 2.70. The Kier molecular flexibility index (Phi) is 14.4. The predicted octanol–water partition coefficient (Wildman–Crippen LogP) is 6.95. The van der Waals surface area contributed by atoms with Crippen LogP contribution in [0.25, 0.3) is 11.1 Å². The highest BCUT2D eigenvalue weighted by Gasteiger charge is 2.51. The van der Waals surface area contributed by atoms with Crippen LogP contribution in [0.2, 0.25) is 0 Å². The maximum atomic E-state index is 13.4. The number of hydrogen-bond donors (Lipinski definition) is 2. The maximum Gasteiger partial charge on any atom is 0.407 e. The summed E-state index contributed by atoms with van der Waals surface area (Å²) >= 11 is 0. The number of carbonyl (C=O) groups is 4. The number of aromatic amines is 1. The first-order chi connectivity index (χ1) is 26.7. The molecule has 4 heterocycles. The van der Waals surface area contributed by atoms with Crippen LogP contribution in [0.15, 0.2) is 54.7 Å². The van der Waals surface area contributed by atoms with Gasteiger partial charge in [-0.05, 0) is 74.5 Å². The van der Waals surface area contributed by atoms with E-state index < -0.39 is 18.1 Å². The highest BCUT2D eigenvalue weighted by molar-refractivity contribution is 5.86. The lowest BCUT2D eigenvalue weighted by molar-refractivity contribution is -0.148. The normalized spacial score (nSPS) is 21.5. The number of nitrogens with one attached hydrogen (secondary N) is 2. The molecule has 0 aliphatic carbocycles. The minimum atomic E-state index is -0.568. The van der Waals surface area contributed by atoms with Gasteiger partial charge in [0, 0.05) is 37.5 Å². The summed E-state index contributed by atoms with van der Waals surface area (Å²) in [6.07, 6.45) is 6.82. The second-order valence-corrected chi connectivity index (χ2v) is 16.4. The van der Waals surface area contributed by atoms with Gasteiger partial charge in [0.05, 0.1) is 44.7 Å². The smallest absolute Gasteiger partial charge is 0.407 e. The van der Waals surface area contributed by atoms with Gasteiger partial charge < -0.3 is 34.3 Å². The summed E-state index contributed by atoms with van der Waals surface area (Å²) in [7, 11) is 2.67. The van der Waals surface area contributed by atoms with Crippen LogP contribution in [-0.4, -0.2) is 95.2 Å². The van der Waals surface area contributed by atoms with E-state index in [0.29, 0.717) is 6.54 Å². The molecule has 56 heavy (non-hydrogen) atoms. The number of benzene rings is 2. The standard InChI is InChI=1S/C25H32N2O3.C19H29N3O4/c1-17(2)23(26-25(29)30-4)24(28)27-15-5-6-22(27)16-19-9-13-21(14-10-19)20-11-7-18(3)8-12-20;1-12(2)14(8-16(23)25-4)18(24)22-11-19(6-5-7-26-19)9-15(22)17-20-10-13(3)21-17/h7-14,17,22-23H,5-6,15-16H2,1-4H3,(H,26,29);10,12,14-15H,5-9,11H2,1-4H3,(H,20,21)/t22-,23-;14-,15-,19-/m00/s1. The molecule has 5 atom stereocenters. The average molecular weight is 772 g/mol. The minimum Gasteiger partial charge on any atom is -0.469 e. The lowest BCUT2D eigenvalue weighted by Crippen LogP contribution is -2.52. The molecular formula is C44H61N5O7. The molecule has 2 N–H and O–H groups in total. The summed E-state index contributed by atoms with van der Waals surface area (Å²) in [4.78, 5) is 61.6. The number of methoxy groups -OCH3 is 2. The van der Waals surface area contributed by atoms with E-state index >= 15 is 0 Å². The van der Waals surface area contributed by atoms with Crippen LogP contribution >= 0.6 is 0 Å². The molecule has 0 unspecified atom stereocenters. The van der Waals surface area contributed by atoms with Gasteiger partial charge >= 0.3 is 12.1 Å². The van der Waals surface area contributed by atoms with Crippen molar-refractivity contribution in [2.24, 2.45) is 17.8 Å². The topological polar surface area (TPSA) is 143 Å². The molecule has 3 fully saturated rings. The molecule has 3 saturated heterocycles. The molecule has 3 aliphatic heterocycles. The predicted molar refractivity (Wildman–Crippen MR) is 214 cm³/mol. The van der Waals surface area contributed by atoms with Crippen molar-refractivity contribution in [2.75, 3.05) is 33.9 Å². The van der Waals surface area contributed by atoms with E-state index in [4.69, 9.17) is 14.2 Å². The van der Waals surface area contributed by atoms with Crippen LogP contribution in [0.3, 0.4) is 0 Å². The van der Waals surface area contributed by atoms with E-state index in [1.54, 1.807) is 6.20 Å². The van der Waals surface area contributed by atoms with Gasteiger partial charge in [-0.3, -0.25) is 14.4 Å². The van der Waals surface area contributed by atoms with Gasteiger partial charge in [0.15, 0.2) is 0 Å². The van der Waals surface area contributed by atoms with E-state index in [0.717, 1.165) is 63.2 Å². The highest BCUT2D eigenvalue weighted by Crippen LogP contribution is 2.45. The largest absolute Gasteiger partial charge is 0.469 e. The number of carbonyl (C=O) groups excluding carboxylic acids is 4. The molecule has 1 aromatic heterocycles. The number of imidazole rings is 1. The van der Waals surface area contributed by atoms with Crippen molar-refractivity contribution in [3.05, 3.63) is 77.4 Å². The molecule has 6 rings (SSSR count). The van der Waals surface area contributed by atoms with E-state index in [-0.39, 0.29) is 53.7 Å². The van der Waals surface area contributed by atoms with E-state index in [1.807, 2.05) is 44.4 Å². The Morgan fingerprint density at radius 1 is 0.911 bits per heavy atom. The third-order valence-corrected chi connectivity index (χ3v) is 11.5. The van der Waals surface area contributed by atoms with Gasteiger partial charge in [0.2, 0.25) is 11.8 Å². The van der Waals surface area contributed by atoms with Crippen LogP contribution < -0.4 is 5.32 Å². The summed E-state index contributed by atoms with van der Waals surface area (Å²) in [6, 6.07) is 16.6. The number of alkyl carbamates (subject to hydrolysis) is 1. The number of likely N-dealkylation sites (tertiary alicyclic amines) is 2. The second kappa shape index (κ2) is 19.0. The molecule has 3 amide bonds. The van der Waals surface area contributed by atoms with Gasteiger partial charge in [-0.25, -0.2) is 9.78 Å².